The van der Waals surface area contributed by atoms with Crippen molar-refractivity contribution < 1.29 is 9.32 Å². The van der Waals surface area contributed by atoms with Gasteiger partial charge in [-0.2, -0.15) is 4.98 Å². The third-order valence-corrected chi connectivity index (χ3v) is 5.00. The van der Waals surface area contributed by atoms with Crippen LogP contribution in [0.25, 0.3) is 0 Å². The number of nitrogens with zero attached hydrogens (tertiary/aromatic N) is 3. The Balaban J connectivity index is 1.39. The molecule has 0 aromatic carbocycles. The van der Waals surface area contributed by atoms with E-state index in [-0.39, 0.29) is 11.8 Å². The van der Waals surface area contributed by atoms with Gasteiger partial charge in [-0.05, 0) is 32.2 Å². The van der Waals surface area contributed by atoms with Crippen molar-refractivity contribution in [2.75, 3.05) is 13.1 Å². The van der Waals surface area contributed by atoms with Gasteiger partial charge in [0.05, 0.1) is 0 Å². The Morgan fingerprint density at radius 1 is 1.35 bits per heavy atom. The second-order valence-electron chi connectivity index (χ2n) is 7.12. The minimum atomic E-state index is 0.158. The number of fused-ring (bicyclic) bond motifs is 1. The first kappa shape index (κ1) is 16.4. The summed E-state index contributed by atoms with van der Waals surface area (Å²) in [6.07, 6.45) is 6.88. The first-order valence-electron chi connectivity index (χ1n) is 8.99. The van der Waals surface area contributed by atoms with Gasteiger partial charge < -0.3 is 9.84 Å². The van der Waals surface area contributed by atoms with Crippen LogP contribution in [0, 0.1) is 0 Å². The van der Waals surface area contributed by atoms with E-state index in [1.807, 2.05) is 13.8 Å². The summed E-state index contributed by atoms with van der Waals surface area (Å²) >= 11 is 0. The number of hydrogen-bond donors (Lipinski definition) is 1. The number of piperidine rings is 1. The van der Waals surface area contributed by atoms with E-state index >= 15 is 0 Å². The van der Waals surface area contributed by atoms with E-state index < -0.39 is 0 Å². The first-order chi connectivity index (χ1) is 11.1. The average Bonchev–Trinajstić information content (AvgIpc) is 3.15. The molecule has 6 nitrogen and oxygen atoms in total. The predicted molar refractivity (Wildman–Crippen MR) is 87.1 cm³/mol. The Morgan fingerprint density at radius 2 is 2.22 bits per heavy atom. The Morgan fingerprint density at radius 3 is 3.00 bits per heavy atom. The van der Waals surface area contributed by atoms with Gasteiger partial charge in [-0.25, -0.2) is 0 Å². The third kappa shape index (κ3) is 4.10. The summed E-state index contributed by atoms with van der Waals surface area (Å²) in [6.45, 7) is 6.42. The van der Waals surface area contributed by atoms with Gasteiger partial charge in [0.25, 0.3) is 0 Å². The molecule has 2 atom stereocenters. The van der Waals surface area contributed by atoms with Crippen LogP contribution in [0.15, 0.2) is 4.52 Å². The fourth-order valence-electron chi connectivity index (χ4n) is 3.70. The lowest BCUT2D eigenvalue weighted by atomic mass is 9.99. The van der Waals surface area contributed by atoms with Gasteiger partial charge in [0.15, 0.2) is 5.82 Å². The van der Waals surface area contributed by atoms with E-state index in [1.165, 1.54) is 25.8 Å². The number of carbonyl (C=O) groups excluding carboxylic acids is 1. The highest BCUT2D eigenvalue weighted by molar-refractivity contribution is 5.76. The molecule has 23 heavy (non-hydrogen) atoms. The molecule has 0 spiro atoms. The van der Waals surface area contributed by atoms with E-state index in [4.69, 9.17) is 4.52 Å². The molecular formula is C17H28N4O2. The Labute approximate surface area is 138 Å². The van der Waals surface area contributed by atoms with E-state index in [1.54, 1.807) is 0 Å². The molecule has 1 aromatic heterocycles. The quantitative estimate of drug-likeness (QED) is 0.870. The number of rotatable bonds is 6. The van der Waals surface area contributed by atoms with Crippen molar-refractivity contribution in [3.8, 4) is 0 Å². The molecule has 0 saturated carbocycles. The smallest absolute Gasteiger partial charge is 0.226 e. The van der Waals surface area contributed by atoms with E-state index in [0.29, 0.717) is 30.8 Å². The van der Waals surface area contributed by atoms with Crippen LogP contribution in [-0.2, 0) is 11.2 Å². The molecule has 3 rings (SSSR count). The van der Waals surface area contributed by atoms with Crippen molar-refractivity contribution >= 4 is 5.91 Å². The molecule has 2 saturated heterocycles. The van der Waals surface area contributed by atoms with Gasteiger partial charge in [-0.3, -0.25) is 9.69 Å². The molecule has 2 aliphatic rings. The fraction of sp³-hybridized carbons (Fsp3) is 0.824. The summed E-state index contributed by atoms with van der Waals surface area (Å²) < 4.78 is 5.21. The minimum Gasteiger partial charge on any atom is -0.352 e. The zero-order valence-electron chi connectivity index (χ0n) is 14.3. The Bertz CT molecular complexity index is 528. The van der Waals surface area contributed by atoms with Crippen molar-refractivity contribution in [1.82, 2.24) is 20.4 Å². The molecule has 0 aliphatic carbocycles. The highest BCUT2D eigenvalue weighted by Gasteiger charge is 2.35. The summed E-state index contributed by atoms with van der Waals surface area (Å²) in [5.74, 6) is 1.82. The Kier molecular flexibility index (Phi) is 5.30. The molecule has 1 amide bonds. The second-order valence-corrected chi connectivity index (χ2v) is 7.12. The number of hydrogen-bond acceptors (Lipinski definition) is 5. The lowest BCUT2D eigenvalue weighted by Gasteiger charge is -2.32. The van der Waals surface area contributed by atoms with Crippen molar-refractivity contribution in [2.24, 2.45) is 0 Å². The van der Waals surface area contributed by atoms with Gasteiger partial charge in [-0.1, -0.05) is 25.4 Å². The zero-order valence-corrected chi connectivity index (χ0v) is 14.3. The molecule has 1 N–H and O–H groups in total. The standard InChI is InChI=1S/C17H28N4O2/c1-12(2)17-19-16(23-20-17)8-5-7-15(22)18-13-9-11-21-10-4-3-6-14(13)21/h12-14H,3-11H2,1-2H3,(H,18,22)/t13-,14+/m0/s1. The molecule has 3 heterocycles. The maximum absolute atomic E-state index is 12.2. The van der Waals surface area contributed by atoms with Crippen LogP contribution < -0.4 is 5.32 Å². The average molecular weight is 320 g/mol. The Hall–Kier alpha value is -1.43. The second kappa shape index (κ2) is 7.43. The van der Waals surface area contributed by atoms with Crippen molar-refractivity contribution in [1.29, 1.82) is 0 Å². The summed E-state index contributed by atoms with van der Waals surface area (Å²) in [4.78, 5) is 19.1. The van der Waals surface area contributed by atoms with Crippen LogP contribution in [0.5, 0.6) is 0 Å². The van der Waals surface area contributed by atoms with Crippen LogP contribution in [0.1, 0.15) is 70.0 Å². The van der Waals surface area contributed by atoms with Crippen molar-refractivity contribution in [2.45, 2.75) is 76.8 Å². The largest absolute Gasteiger partial charge is 0.352 e. The fourth-order valence-corrected chi connectivity index (χ4v) is 3.70. The minimum absolute atomic E-state index is 0.158. The van der Waals surface area contributed by atoms with E-state index in [0.717, 1.165) is 25.2 Å². The number of aryl methyl sites for hydroxylation is 1. The van der Waals surface area contributed by atoms with Gasteiger partial charge >= 0.3 is 0 Å². The monoisotopic (exact) mass is 320 g/mol. The number of aromatic nitrogens is 2. The SMILES string of the molecule is CC(C)c1noc(CCCC(=O)N[C@H]2CCN3CCCC[C@H]23)n1. The third-order valence-electron chi connectivity index (χ3n) is 5.00. The molecule has 0 unspecified atom stereocenters. The summed E-state index contributed by atoms with van der Waals surface area (Å²) in [6, 6.07) is 0.913. The molecule has 2 fully saturated rings. The van der Waals surface area contributed by atoms with Gasteiger partial charge in [0.2, 0.25) is 11.8 Å². The highest BCUT2D eigenvalue weighted by Crippen LogP contribution is 2.27. The van der Waals surface area contributed by atoms with E-state index in [2.05, 4.69) is 20.4 Å². The zero-order chi connectivity index (χ0) is 16.2. The van der Waals surface area contributed by atoms with Crippen molar-refractivity contribution in [3.05, 3.63) is 11.7 Å². The summed E-state index contributed by atoms with van der Waals surface area (Å²) in [5.41, 5.74) is 0. The summed E-state index contributed by atoms with van der Waals surface area (Å²) in [7, 11) is 0. The van der Waals surface area contributed by atoms with Crippen LogP contribution >= 0.6 is 0 Å². The molecule has 128 valence electrons. The maximum Gasteiger partial charge on any atom is 0.226 e. The maximum atomic E-state index is 12.2. The number of amides is 1. The van der Waals surface area contributed by atoms with Gasteiger partial charge in [-0.15, -0.1) is 0 Å². The van der Waals surface area contributed by atoms with Crippen LogP contribution in [0.4, 0.5) is 0 Å². The topological polar surface area (TPSA) is 71.3 Å². The number of carbonyl (C=O) groups is 1. The molecular weight excluding hydrogens is 292 g/mol. The highest BCUT2D eigenvalue weighted by atomic mass is 16.5. The molecule has 0 radical (unpaired) electrons. The first-order valence-corrected chi connectivity index (χ1v) is 8.99. The molecule has 1 aromatic rings. The normalized spacial score (nSPS) is 24.8. The van der Waals surface area contributed by atoms with Crippen LogP contribution in [0.2, 0.25) is 0 Å². The van der Waals surface area contributed by atoms with Crippen LogP contribution in [0.3, 0.4) is 0 Å². The van der Waals surface area contributed by atoms with Gasteiger partial charge in [0, 0.05) is 37.4 Å². The molecule has 2 aliphatic heterocycles. The lowest BCUT2D eigenvalue weighted by Crippen LogP contribution is -2.46. The lowest BCUT2D eigenvalue weighted by molar-refractivity contribution is -0.122. The molecule has 0 bridgehead atoms. The van der Waals surface area contributed by atoms with Gasteiger partial charge in [0.1, 0.15) is 0 Å². The number of nitrogens with one attached hydrogen (secondary N) is 1. The molecule has 6 heteroatoms. The van der Waals surface area contributed by atoms with E-state index in [9.17, 15) is 4.79 Å². The predicted octanol–water partition coefficient (Wildman–Crippen LogP) is 2.26. The van der Waals surface area contributed by atoms with Crippen LogP contribution in [-0.4, -0.2) is 46.1 Å². The summed E-state index contributed by atoms with van der Waals surface area (Å²) in [5, 5.41) is 7.19. The van der Waals surface area contributed by atoms with Crippen molar-refractivity contribution in [3.63, 3.8) is 0 Å².